The van der Waals surface area contributed by atoms with Crippen molar-refractivity contribution >= 4 is 0 Å². The van der Waals surface area contributed by atoms with Crippen LogP contribution in [0.4, 0.5) is 0 Å². The summed E-state index contributed by atoms with van der Waals surface area (Å²) in [6.07, 6.45) is 3.52. The number of hydrogen-bond donors (Lipinski definition) is 1. The Hall–Kier alpha value is -2.01. The fourth-order valence-electron chi connectivity index (χ4n) is 1.89. The maximum Gasteiger partial charge on any atom is 0.231 e. The van der Waals surface area contributed by atoms with Gasteiger partial charge in [0.25, 0.3) is 0 Å². The van der Waals surface area contributed by atoms with Crippen LogP contribution < -0.4 is 15.2 Å². The lowest BCUT2D eigenvalue weighted by Gasteiger charge is -2.11. The number of nitrogens with two attached hydrogens (primary N) is 1. The molecule has 0 radical (unpaired) electrons. The summed E-state index contributed by atoms with van der Waals surface area (Å²) < 4.78 is 12.6. The third-order valence-corrected chi connectivity index (χ3v) is 2.77. The van der Waals surface area contributed by atoms with Crippen molar-refractivity contribution in [1.82, 2.24) is 9.55 Å². The van der Waals surface area contributed by atoms with Crippen LogP contribution in [0.3, 0.4) is 0 Å². The molecule has 0 saturated carbocycles. The Balaban J connectivity index is 2.06. The first-order valence-electron chi connectivity index (χ1n) is 5.43. The van der Waals surface area contributed by atoms with Crippen molar-refractivity contribution < 1.29 is 9.47 Å². The molecule has 2 aromatic rings. The zero-order valence-corrected chi connectivity index (χ0v) is 9.46. The maximum absolute atomic E-state index is 5.89. The van der Waals surface area contributed by atoms with E-state index in [1.54, 1.807) is 12.5 Å². The molecule has 0 spiro atoms. The molecule has 2 N–H and O–H groups in total. The fraction of sp³-hybridized carbons (Fsp3) is 0.250. The molecule has 1 aromatic carbocycles. The first-order chi connectivity index (χ1) is 8.25. The Morgan fingerprint density at radius 3 is 3.00 bits per heavy atom. The van der Waals surface area contributed by atoms with E-state index < -0.39 is 0 Å². The second kappa shape index (κ2) is 3.78. The summed E-state index contributed by atoms with van der Waals surface area (Å²) >= 11 is 0. The minimum atomic E-state index is -0.0667. The summed E-state index contributed by atoms with van der Waals surface area (Å²) in [5, 5.41) is 0. The Kier molecular flexibility index (Phi) is 2.26. The Bertz CT molecular complexity index is 548. The van der Waals surface area contributed by atoms with Gasteiger partial charge in [-0.2, -0.15) is 0 Å². The van der Waals surface area contributed by atoms with Crippen LogP contribution in [0.15, 0.2) is 30.7 Å². The molecule has 0 aliphatic carbocycles. The van der Waals surface area contributed by atoms with Gasteiger partial charge in [0.15, 0.2) is 11.5 Å². The average Bonchev–Trinajstić information content (AvgIpc) is 2.96. The van der Waals surface area contributed by atoms with E-state index in [-0.39, 0.29) is 12.8 Å². The molecule has 5 heteroatoms. The number of fused-ring (bicyclic) bond motifs is 1. The Labute approximate surface area is 98.8 Å². The predicted molar refractivity (Wildman–Crippen MR) is 62.3 cm³/mol. The molecule has 1 aliphatic rings. The standard InChI is InChI=1S/C12H13N3O2/c1-8(13)10-5-14-6-15(10)9-2-3-11-12(4-9)17-7-16-11/h2-6,8H,7,13H2,1H3/t8-/m0/s1. The molecule has 0 unspecified atom stereocenters. The Morgan fingerprint density at radius 2 is 2.18 bits per heavy atom. The summed E-state index contributed by atoms with van der Waals surface area (Å²) in [6.45, 7) is 2.21. The Morgan fingerprint density at radius 1 is 1.35 bits per heavy atom. The summed E-state index contributed by atoms with van der Waals surface area (Å²) in [4.78, 5) is 4.12. The molecule has 88 valence electrons. The van der Waals surface area contributed by atoms with Crippen molar-refractivity contribution in [3.63, 3.8) is 0 Å². The lowest BCUT2D eigenvalue weighted by atomic mass is 10.2. The molecule has 2 heterocycles. The minimum absolute atomic E-state index is 0.0667. The summed E-state index contributed by atoms with van der Waals surface area (Å²) in [5.74, 6) is 1.53. The fourth-order valence-corrected chi connectivity index (χ4v) is 1.89. The summed E-state index contributed by atoms with van der Waals surface area (Å²) in [6, 6.07) is 5.71. The van der Waals surface area contributed by atoms with E-state index in [0.717, 1.165) is 22.9 Å². The van der Waals surface area contributed by atoms with Crippen molar-refractivity contribution in [1.29, 1.82) is 0 Å². The third-order valence-electron chi connectivity index (χ3n) is 2.77. The van der Waals surface area contributed by atoms with E-state index in [4.69, 9.17) is 15.2 Å². The second-order valence-electron chi connectivity index (χ2n) is 4.01. The highest BCUT2D eigenvalue weighted by Crippen LogP contribution is 2.34. The number of rotatable bonds is 2. The summed E-state index contributed by atoms with van der Waals surface area (Å²) in [5.41, 5.74) is 7.83. The number of hydrogen-bond acceptors (Lipinski definition) is 4. The van der Waals surface area contributed by atoms with Crippen LogP contribution in [0, 0.1) is 0 Å². The van der Waals surface area contributed by atoms with Crippen LogP contribution in [0.2, 0.25) is 0 Å². The average molecular weight is 231 g/mol. The van der Waals surface area contributed by atoms with Crippen LogP contribution in [0.1, 0.15) is 18.7 Å². The van der Waals surface area contributed by atoms with Gasteiger partial charge in [0.05, 0.1) is 23.9 Å². The van der Waals surface area contributed by atoms with Gasteiger partial charge < -0.3 is 19.8 Å². The molecule has 17 heavy (non-hydrogen) atoms. The van der Waals surface area contributed by atoms with E-state index in [1.807, 2.05) is 29.7 Å². The van der Waals surface area contributed by atoms with Crippen LogP contribution in [-0.4, -0.2) is 16.3 Å². The van der Waals surface area contributed by atoms with Crippen molar-refractivity contribution in [3.05, 3.63) is 36.4 Å². The van der Waals surface area contributed by atoms with Crippen LogP contribution in [0.25, 0.3) is 5.69 Å². The van der Waals surface area contributed by atoms with Gasteiger partial charge in [-0.05, 0) is 19.1 Å². The smallest absolute Gasteiger partial charge is 0.231 e. The van der Waals surface area contributed by atoms with Crippen molar-refractivity contribution in [2.24, 2.45) is 5.73 Å². The van der Waals surface area contributed by atoms with Crippen molar-refractivity contribution in [3.8, 4) is 17.2 Å². The molecule has 1 atom stereocenters. The second-order valence-corrected chi connectivity index (χ2v) is 4.01. The van der Waals surface area contributed by atoms with E-state index in [1.165, 1.54) is 0 Å². The molecule has 0 fully saturated rings. The highest BCUT2D eigenvalue weighted by atomic mass is 16.7. The van der Waals surface area contributed by atoms with Gasteiger partial charge in [-0.3, -0.25) is 0 Å². The van der Waals surface area contributed by atoms with Gasteiger partial charge in [0.1, 0.15) is 0 Å². The van der Waals surface area contributed by atoms with E-state index in [0.29, 0.717) is 0 Å². The molecule has 3 rings (SSSR count). The monoisotopic (exact) mass is 231 g/mol. The van der Waals surface area contributed by atoms with Crippen LogP contribution in [0.5, 0.6) is 11.5 Å². The number of benzene rings is 1. The predicted octanol–water partition coefficient (Wildman–Crippen LogP) is 1.62. The molecule has 1 aromatic heterocycles. The first-order valence-corrected chi connectivity index (χ1v) is 5.43. The molecular formula is C12H13N3O2. The van der Waals surface area contributed by atoms with Gasteiger partial charge in [-0.25, -0.2) is 4.98 Å². The summed E-state index contributed by atoms with van der Waals surface area (Å²) in [7, 11) is 0. The molecule has 0 amide bonds. The third kappa shape index (κ3) is 1.64. The van der Waals surface area contributed by atoms with Gasteiger partial charge in [0, 0.05) is 12.1 Å². The van der Waals surface area contributed by atoms with Gasteiger partial charge >= 0.3 is 0 Å². The molecule has 0 saturated heterocycles. The highest BCUT2D eigenvalue weighted by molar-refractivity contribution is 5.50. The number of imidazole rings is 1. The normalized spacial score (nSPS) is 14.9. The first kappa shape index (κ1) is 10.2. The number of ether oxygens (including phenoxy) is 2. The van der Waals surface area contributed by atoms with Gasteiger partial charge in [-0.15, -0.1) is 0 Å². The molecular weight excluding hydrogens is 218 g/mol. The molecule has 0 bridgehead atoms. The van der Waals surface area contributed by atoms with Gasteiger partial charge in [-0.1, -0.05) is 0 Å². The quantitative estimate of drug-likeness (QED) is 0.853. The molecule has 5 nitrogen and oxygen atoms in total. The number of nitrogens with zero attached hydrogens (tertiary/aromatic N) is 2. The largest absolute Gasteiger partial charge is 0.454 e. The maximum atomic E-state index is 5.89. The van der Waals surface area contributed by atoms with Crippen LogP contribution in [-0.2, 0) is 0 Å². The van der Waals surface area contributed by atoms with Crippen molar-refractivity contribution in [2.45, 2.75) is 13.0 Å². The lowest BCUT2D eigenvalue weighted by molar-refractivity contribution is 0.174. The minimum Gasteiger partial charge on any atom is -0.454 e. The van der Waals surface area contributed by atoms with E-state index in [9.17, 15) is 0 Å². The van der Waals surface area contributed by atoms with E-state index in [2.05, 4.69) is 4.98 Å². The van der Waals surface area contributed by atoms with Crippen LogP contribution >= 0.6 is 0 Å². The van der Waals surface area contributed by atoms with Gasteiger partial charge in [0.2, 0.25) is 6.79 Å². The molecule has 1 aliphatic heterocycles. The van der Waals surface area contributed by atoms with E-state index >= 15 is 0 Å². The highest BCUT2D eigenvalue weighted by Gasteiger charge is 2.15. The van der Waals surface area contributed by atoms with Crippen molar-refractivity contribution in [2.75, 3.05) is 6.79 Å². The zero-order valence-electron chi connectivity index (χ0n) is 9.46. The SMILES string of the molecule is C[C@H](N)c1cncn1-c1ccc2c(c1)OCO2. The zero-order chi connectivity index (χ0) is 11.8. The lowest BCUT2D eigenvalue weighted by Crippen LogP contribution is -2.10. The number of aromatic nitrogens is 2. The topological polar surface area (TPSA) is 62.3 Å².